The number of nitrogens with two attached hydrogens (primary N) is 1. The number of amidine groups is 1. The average molecular weight is 558 g/mol. The van der Waals surface area contributed by atoms with Crippen molar-refractivity contribution >= 4 is 50.1 Å². The van der Waals surface area contributed by atoms with Crippen molar-refractivity contribution in [1.29, 1.82) is 0 Å². The van der Waals surface area contributed by atoms with E-state index in [-0.39, 0.29) is 50.3 Å². The van der Waals surface area contributed by atoms with Gasteiger partial charge in [-0.05, 0) is 38.3 Å². The Morgan fingerprint density at radius 2 is 1.92 bits per heavy atom. The maximum absolute atomic E-state index is 12.2. The fourth-order valence-corrected chi connectivity index (χ4v) is 6.15. The molecule has 9 nitrogen and oxygen atoms in total. The number of carbonyl (C=O) groups is 1. The lowest BCUT2D eigenvalue weighted by Gasteiger charge is -2.41. The maximum atomic E-state index is 12.2. The van der Waals surface area contributed by atoms with Gasteiger partial charge in [0, 0.05) is 43.4 Å². The third kappa shape index (κ3) is 4.71. The summed E-state index contributed by atoms with van der Waals surface area (Å²) in [5, 5.41) is 0. The Morgan fingerprint density at radius 3 is 2.61 bits per heavy atom. The molecule has 206 valence electrons. The van der Waals surface area contributed by atoms with Gasteiger partial charge in [0.2, 0.25) is 0 Å². The Morgan fingerprint density at radius 1 is 1.16 bits per heavy atom. The molecule has 1 spiro atoms. The highest BCUT2D eigenvalue weighted by atomic mass is 32.1. The van der Waals surface area contributed by atoms with Gasteiger partial charge in [0.05, 0.1) is 42.5 Å². The molecule has 2 aromatic heterocycles. The predicted molar refractivity (Wildman–Crippen MR) is 160 cm³/mol. The molecule has 4 aliphatic rings. The first-order valence-electron chi connectivity index (χ1n) is 13.2. The minimum Gasteiger partial charge on any atom is -0.376 e. The van der Waals surface area contributed by atoms with Crippen molar-refractivity contribution < 1.29 is 9.53 Å². The van der Waals surface area contributed by atoms with Crippen LogP contribution in [0.2, 0.25) is 0 Å². The minimum atomic E-state index is 0. The van der Waals surface area contributed by atoms with Crippen molar-refractivity contribution in [3.05, 3.63) is 41.1 Å². The molecule has 2 fully saturated rings. The van der Waals surface area contributed by atoms with E-state index in [1.807, 2.05) is 25.3 Å². The summed E-state index contributed by atoms with van der Waals surface area (Å²) in [6.45, 7) is 10.1. The molecule has 4 aliphatic heterocycles. The Kier molecular flexibility index (Phi) is 8.42. The van der Waals surface area contributed by atoms with E-state index >= 15 is 0 Å². The third-order valence-corrected chi connectivity index (χ3v) is 8.66. The zero-order valence-electron chi connectivity index (χ0n) is 22.4. The number of anilines is 2. The van der Waals surface area contributed by atoms with Crippen LogP contribution in [-0.4, -0.2) is 65.0 Å². The van der Waals surface area contributed by atoms with Crippen molar-refractivity contribution in [2.45, 2.75) is 71.1 Å². The number of rotatable bonds is 3. The second-order valence-corrected chi connectivity index (χ2v) is 10.8. The Hall–Kier alpha value is -2.21. The zero-order chi connectivity index (χ0) is 25.0. The first kappa shape index (κ1) is 28.8. The fraction of sp³-hybridized carbons (Fsp3) is 0.593. The Labute approximate surface area is 238 Å². The van der Waals surface area contributed by atoms with Gasteiger partial charge in [0.15, 0.2) is 11.6 Å². The molecule has 0 radical (unpaired) electrons. The number of Topliss-reactive ketones (excluding diaryl/α,β-unsaturated/α-hetero) is 1. The van der Waals surface area contributed by atoms with E-state index in [4.69, 9.17) is 30.4 Å². The molecule has 11 heteroatoms. The van der Waals surface area contributed by atoms with Crippen LogP contribution in [0.15, 0.2) is 23.3 Å². The molecule has 0 saturated carbocycles. The molecule has 0 aromatic carbocycles. The van der Waals surface area contributed by atoms with Gasteiger partial charge in [-0.1, -0.05) is 13.8 Å². The monoisotopic (exact) mass is 557 g/mol. The third-order valence-electron chi connectivity index (χ3n) is 8.66. The number of aromatic nitrogens is 3. The minimum absolute atomic E-state index is 0. The van der Waals surface area contributed by atoms with E-state index < -0.39 is 0 Å². The van der Waals surface area contributed by atoms with Crippen LogP contribution in [0.4, 0.5) is 11.5 Å². The molecule has 2 aromatic rings. The summed E-state index contributed by atoms with van der Waals surface area (Å²) in [4.78, 5) is 36.2. The first-order chi connectivity index (χ1) is 17.4. The number of ketones is 1. The van der Waals surface area contributed by atoms with E-state index in [2.05, 4.69) is 23.6 Å². The largest absolute Gasteiger partial charge is 0.376 e. The lowest BCUT2D eigenvalue weighted by molar-refractivity contribution is 0.0973. The quantitative estimate of drug-likeness (QED) is 0.573. The van der Waals surface area contributed by atoms with Crippen molar-refractivity contribution in [3.63, 3.8) is 0 Å². The number of carbonyl (C=O) groups excluding carboxylic acids is 1. The van der Waals surface area contributed by atoms with Gasteiger partial charge in [0.1, 0.15) is 17.2 Å². The van der Waals surface area contributed by atoms with E-state index in [0.29, 0.717) is 24.6 Å². The highest BCUT2D eigenvalue weighted by Gasteiger charge is 2.47. The molecule has 0 unspecified atom stereocenters. The second-order valence-electron chi connectivity index (χ2n) is 10.8. The van der Waals surface area contributed by atoms with Crippen molar-refractivity contribution in [3.8, 4) is 0 Å². The lowest BCUT2D eigenvalue weighted by atomic mass is 9.73. The number of aliphatic imine (C=N–C) groups is 1. The molecule has 2 N–H and O–H groups in total. The summed E-state index contributed by atoms with van der Waals surface area (Å²) < 4.78 is 5.87. The summed E-state index contributed by atoms with van der Waals surface area (Å²) >= 11 is 0. The van der Waals surface area contributed by atoms with E-state index in [9.17, 15) is 4.79 Å². The summed E-state index contributed by atoms with van der Waals surface area (Å²) in [6, 6.07) is 3.96. The van der Waals surface area contributed by atoms with Crippen molar-refractivity contribution in [2.75, 3.05) is 36.0 Å². The predicted octanol–water partition coefficient (Wildman–Crippen LogP) is 3.30. The molecular weight excluding hydrogens is 518 g/mol. The number of hydrogen-bond acceptors (Lipinski definition) is 9. The highest BCUT2D eigenvalue weighted by molar-refractivity contribution is 7.59. The summed E-state index contributed by atoms with van der Waals surface area (Å²) in [5.41, 5.74) is 10.9. The van der Waals surface area contributed by atoms with Crippen LogP contribution in [-0.2, 0) is 11.3 Å². The van der Waals surface area contributed by atoms with Gasteiger partial charge in [-0.15, -0.1) is 0 Å². The number of ether oxygens (including phenoxy) is 1. The maximum Gasteiger partial charge on any atom is 0.180 e. The number of piperidine rings is 1. The fourth-order valence-electron chi connectivity index (χ4n) is 6.15. The van der Waals surface area contributed by atoms with E-state index in [0.717, 1.165) is 79.9 Å². The topological polar surface area (TPSA) is 110 Å². The van der Waals surface area contributed by atoms with Gasteiger partial charge in [-0.3, -0.25) is 9.79 Å². The standard InChI is InChI=1S/C27H35N7O2.2H2S/c1-4-21(35)18-5-6-20-23(32-18)16(2)7-10-34(20)26-24-19(13-30-26)31-22(14-29-24)33-11-8-27(9-12-33)15-36-17(3)25(27)28;;/h5-6,14,16-17,25H,4,7-13,15,28H2,1-3H3;2*1H2/t16-,17-,25+;;/m0../s1. The number of fused-ring (bicyclic) bond motifs is 2. The second kappa shape index (κ2) is 11.1. The van der Waals surface area contributed by atoms with Crippen LogP contribution >= 0.6 is 27.0 Å². The zero-order valence-corrected chi connectivity index (χ0v) is 24.4. The Balaban J connectivity index is 0.00000168. The van der Waals surface area contributed by atoms with Gasteiger partial charge in [0.25, 0.3) is 0 Å². The normalized spacial score (nSPS) is 25.3. The van der Waals surface area contributed by atoms with Crippen LogP contribution in [0.25, 0.3) is 0 Å². The van der Waals surface area contributed by atoms with Crippen LogP contribution < -0.4 is 15.5 Å². The van der Waals surface area contributed by atoms with Gasteiger partial charge >= 0.3 is 0 Å². The smallest absolute Gasteiger partial charge is 0.180 e. The average Bonchev–Trinajstić information content (AvgIpc) is 3.45. The molecule has 38 heavy (non-hydrogen) atoms. The number of pyridine rings is 1. The molecule has 6 rings (SSSR count). The summed E-state index contributed by atoms with van der Waals surface area (Å²) in [7, 11) is 0. The summed E-state index contributed by atoms with van der Waals surface area (Å²) in [5.74, 6) is 2.14. The molecule has 3 atom stereocenters. The van der Waals surface area contributed by atoms with Crippen molar-refractivity contribution in [2.24, 2.45) is 16.1 Å². The molecule has 6 heterocycles. The first-order valence-corrected chi connectivity index (χ1v) is 13.2. The van der Waals surface area contributed by atoms with Crippen molar-refractivity contribution in [1.82, 2.24) is 15.0 Å². The van der Waals surface area contributed by atoms with E-state index in [1.165, 1.54) is 0 Å². The molecule has 0 amide bonds. The van der Waals surface area contributed by atoms with Crippen LogP contribution in [0.3, 0.4) is 0 Å². The van der Waals surface area contributed by atoms with Crippen LogP contribution in [0, 0.1) is 5.41 Å². The number of hydrogen-bond donors (Lipinski definition) is 1. The molecule has 0 aliphatic carbocycles. The molecule has 2 saturated heterocycles. The Bertz CT molecular complexity index is 1230. The summed E-state index contributed by atoms with van der Waals surface area (Å²) in [6.07, 6.45) is 5.45. The van der Waals surface area contributed by atoms with Gasteiger partial charge < -0.3 is 20.3 Å². The lowest BCUT2D eigenvalue weighted by Crippen LogP contribution is -2.50. The highest BCUT2D eigenvalue weighted by Crippen LogP contribution is 2.42. The van der Waals surface area contributed by atoms with Crippen LogP contribution in [0.1, 0.15) is 79.9 Å². The molecule has 0 bridgehead atoms. The van der Waals surface area contributed by atoms with Gasteiger partial charge in [-0.25, -0.2) is 15.0 Å². The SMILES string of the molecule is CCC(=O)c1ccc2c(n1)[C@@H](C)CCN2C1=NCc2nc(N3CCC4(CC3)CO[C@@H](C)[C@H]4N)cnc21.S.S. The van der Waals surface area contributed by atoms with Gasteiger partial charge in [-0.2, -0.15) is 27.0 Å². The van der Waals surface area contributed by atoms with Crippen LogP contribution in [0.5, 0.6) is 0 Å². The van der Waals surface area contributed by atoms with E-state index in [1.54, 1.807) is 0 Å². The number of nitrogens with zero attached hydrogens (tertiary/aromatic N) is 6. The molecular formula is C27H39N7O2S2.